The first-order valence-electron chi connectivity index (χ1n) is 5.14. The number of aryl methyl sites for hydroxylation is 1. The van der Waals surface area contributed by atoms with E-state index in [0.717, 1.165) is 18.2 Å². The van der Waals surface area contributed by atoms with E-state index in [4.69, 9.17) is 5.26 Å². The van der Waals surface area contributed by atoms with E-state index in [9.17, 15) is 12.8 Å². The second kappa shape index (κ2) is 4.70. The van der Waals surface area contributed by atoms with Gasteiger partial charge >= 0.3 is 0 Å². The van der Waals surface area contributed by atoms with Gasteiger partial charge in [-0.25, -0.2) is 12.8 Å². The molecule has 2 rings (SSSR count). The van der Waals surface area contributed by atoms with Gasteiger partial charge in [-0.2, -0.15) is 10.4 Å². The van der Waals surface area contributed by atoms with E-state index in [1.165, 1.54) is 10.7 Å². The zero-order chi connectivity index (χ0) is 14.0. The van der Waals surface area contributed by atoms with Gasteiger partial charge in [0.2, 0.25) is 0 Å². The highest BCUT2D eigenvalue weighted by atomic mass is 32.2. The molecule has 0 fully saturated rings. The monoisotopic (exact) mass is 280 g/mol. The third kappa shape index (κ3) is 2.71. The van der Waals surface area contributed by atoms with Crippen LogP contribution in [0.15, 0.2) is 35.4 Å². The summed E-state index contributed by atoms with van der Waals surface area (Å²) in [5.74, 6) is -0.621. The van der Waals surface area contributed by atoms with Crippen molar-refractivity contribution in [3.8, 4) is 6.07 Å². The largest absolute Gasteiger partial charge is 0.274 e. The molecule has 19 heavy (non-hydrogen) atoms. The molecule has 8 heteroatoms. The topological polar surface area (TPSA) is 87.8 Å². The zero-order valence-corrected chi connectivity index (χ0v) is 10.6. The summed E-state index contributed by atoms with van der Waals surface area (Å²) in [4.78, 5) is -0.198. The molecule has 1 heterocycles. The molecule has 98 valence electrons. The summed E-state index contributed by atoms with van der Waals surface area (Å²) in [5, 5.41) is 12.5. The molecule has 1 aromatic carbocycles. The SMILES string of the molecule is Cn1ccc(NS(=O)(=O)c2ccc(F)c(C#N)c2)n1. The van der Waals surface area contributed by atoms with E-state index >= 15 is 0 Å². The molecule has 0 aliphatic rings. The van der Waals surface area contributed by atoms with E-state index < -0.39 is 15.8 Å². The molecule has 0 bridgehead atoms. The Labute approximate surface area is 109 Å². The molecule has 0 aliphatic heterocycles. The van der Waals surface area contributed by atoms with Crippen molar-refractivity contribution in [3.05, 3.63) is 41.8 Å². The Hall–Kier alpha value is -2.40. The van der Waals surface area contributed by atoms with Crippen molar-refractivity contribution in [2.45, 2.75) is 4.90 Å². The van der Waals surface area contributed by atoms with Gasteiger partial charge < -0.3 is 0 Å². The van der Waals surface area contributed by atoms with Crippen LogP contribution in [0.1, 0.15) is 5.56 Å². The third-order valence-corrected chi connectivity index (χ3v) is 3.67. The predicted octanol–water partition coefficient (Wildman–Crippen LogP) is 1.23. The number of hydrogen-bond donors (Lipinski definition) is 1. The molecule has 0 amide bonds. The second-order valence-corrected chi connectivity index (χ2v) is 5.42. The maximum atomic E-state index is 13.1. The minimum atomic E-state index is -3.89. The maximum absolute atomic E-state index is 13.1. The molecular formula is C11H9FN4O2S. The predicted molar refractivity (Wildman–Crippen MR) is 65.1 cm³/mol. The fraction of sp³-hybridized carbons (Fsp3) is 0.0909. The molecule has 2 aromatic rings. The molecule has 0 atom stereocenters. The summed E-state index contributed by atoms with van der Waals surface area (Å²) >= 11 is 0. The van der Waals surface area contributed by atoms with Crippen LogP contribution in [-0.4, -0.2) is 18.2 Å². The molecule has 1 aromatic heterocycles. The molecule has 6 nitrogen and oxygen atoms in total. The van der Waals surface area contributed by atoms with Gasteiger partial charge in [0.1, 0.15) is 11.9 Å². The highest BCUT2D eigenvalue weighted by Crippen LogP contribution is 2.17. The number of sulfonamides is 1. The fourth-order valence-electron chi connectivity index (χ4n) is 1.42. The smallest absolute Gasteiger partial charge is 0.263 e. The van der Waals surface area contributed by atoms with Crippen LogP contribution in [0.25, 0.3) is 0 Å². The first-order valence-corrected chi connectivity index (χ1v) is 6.63. The number of anilines is 1. The Morgan fingerprint density at radius 3 is 2.74 bits per heavy atom. The Kier molecular flexibility index (Phi) is 3.23. The Morgan fingerprint density at radius 2 is 2.16 bits per heavy atom. The van der Waals surface area contributed by atoms with Crippen LogP contribution < -0.4 is 4.72 Å². The van der Waals surface area contributed by atoms with Crippen LogP contribution in [0, 0.1) is 17.1 Å². The van der Waals surface area contributed by atoms with Gasteiger partial charge in [-0.15, -0.1) is 0 Å². The summed E-state index contributed by atoms with van der Waals surface area (Å²) < 4.78 is 40.8. The molecule has 0 radical (unpaired) electrons. The average molecular weight is 280 g/mol. The lowest BCUT2D eigenvalue weighted by molar-refractivity contribution is 0.599. The lowest BCUT2D eigenvalue weighted by Crippen LogP contribution is -2.14. The van der Waals surface area contributed by atoms with E-state index in [1.807, 2.05) is 0 Å². The second-order valence-electron chi connectivity index (χ2n) is 3.73. The van der Waals surface area contributed by atoms with Gasteiger partial charge in [0, 0.05) is 19.3 Å². The highest BCUT2D eigenvalue weighted by molar-refractivity contribution is 7.92. The summed E-state index contributed by atoms with van der Waals surface area (Å²) in [6, 6.07) is 6.06. The zero-order valence-electron chi connectivity index (χ0n) is 9.83. The molecule has 0 spiro atoms. The van der Waals surface area contributed by atoms with Crippen molar-refractivity contribution in [1.82, 2.24) is 9.78 Å². The number of hydrogen-bond acceptors (Lipinski definition) is 4. The van der Waals surface area contributed by atoms with E-state index in [0.29, 0.717) is 0 Å². The summed E-state index contributed by atoms with van der Waals surface area (Å²) in [6.07, 6.45) is 1.57. The quantitative estimate of drug-likeness (QED) is 0.916. The van der Waals surface area contributed by atoms with Crippen molar-refractivity contribution in [2.24, 2.45) is 7.05 Å². The summed E-state index contributed by atoms with van der Waals surface area (Å²) in [5.41, 5.74) is -0.330. The number of nitrogens with one attached hydrogen (secondary N) is 1. The molecular weight excluding hydrogens is 271 g/mol. The number of benzene rings is 1. The van der Waals surface area contributed by atoms with E-state index in [-0.39, 0.29) is 16.3 Å². The molecule has 1 N–H and O–H groups in total. The van der Waals surface area contributed by atoms with Crippen LogP contribution >= 0.6 is 0 Å². The van der Waals surface area contributed by atoms with Crippen LogP contribution in [0.5, 0.6) is 0 Å². The number of nitrogens with zero attached hydrogens (tertiary/aromatic N) is 3. The summed E-state index contributed by atoms with van der Waals surface area (Å²) in [6.45, 7) is 0. The molecule has 0 saturated carbocycles. The molecule has 0 unspecified atom stereocenters. The van der Waals surface area contributed by atoms with Crippen molar-refractivity contribution in [1.29, 1.82) is 5.26 Å². The normalized spacial score (nSPS) is 11.0. The third-order valence-electron chi connectivity index (χ3n) is 2.32. The lowest BCUT2D eigenvalue weighted by atomic mass is 10.2. The summed E-state index contributed by atoms with van der Waals surface area (Å²) in [7, 11) is -2.25. The molecule has 0 saturated heterocycles. The van der Waals surface area contributed by atoms with Crippen LogP contribution in [-0.2, 0) is 17.1 Å². The average Bonchev–Trinajstić information content (AvgIpc) is 2.74. The van der Waals surface area contributed by atoms with E-state index in [2.05, 4.69) is 9.82 Å². The lowest BCUT2D eigenvalue weighted by Gasteiger charge is -2.05. The standard InChI is InChI=1S/C11H9FN4O2S/c1-16-5-4-11(14-16)15-19(17,18)9-2-3-10(12)8(6-9)7-13/h2-6H,1H3,(H,14,15). The van der Waals surface area contributed by atoms with Crippen LogP contribution in [0.4, 0.5) is 10.2 Å². The van der Waals surface area contributed by atoms with Crippen molar-refractivity contribution in [2.75, 3.05) is 4.72 Å². The van der Waals surface area contributed by atoms with Crippen LogP contribution in [0.2, 0.25) is 0 Å². The van der Waals surface area contributed by atoms with Crippen molar-refractivity contribution < 1.29 is 12.8 Å². The minimum Gasteiger partial charge on any atom is -0.274 e. The van der Waals surface area contributed by atoms with Gasteiger partial charge in [0.25, 0.3) is 10.0 Å². The number of nitriles is 1. The minimum absolute atomic E-state index is 0.144. The molecule has 0 aliphatic carbocycles. The number of aromatic nitrogens is 2. The maximum Gasteiger partial charge on any atom is 0.263 e. The number of halogens is 1. The van der Waals surface area contributed by atoms with Gasteiger partial charge in [0.05, 0.1) is 10.5 Å². The Morgan fingerprint density at radius 1 is 1.42 bits per heavy atom. The highest BCUT2D eigenvalue weighted by Gasteiger charge is 2.17. The Bertz CT molecular complexity index is 761. The van der Waals surface area contributed by atoms with Gasteiger partial charge in [-0.3, -0.25) is 9.40 Å². The van der Waals surface area contributed by atoms with Crippen molar-refractivity contribution in [3.63, 3.8) is 0 Å². The van der Waals surface area contributed by atoms with Gasteiger partial charge in [0.15, 0.2) is 5.82 Å². The van der Waals surface area contributed by atoms with Crippen molar-refractivity contribution >= 4 is 15.8 Å². The fourth-order valence-corrected chi connectivity index (χ4v) is 2.45. The Balaban J connectivity index is 2.37. The van der Waals surface area contributed by atoms with Crippen LogP contribution in [0.3, 0.4) is 0 Å². The number of rotatable bonds is 3. The van der Waals surface area contributed by atoms with Gasteiger partial charge in [-0.1, -0.05) is 0 Å². The van der Waals surface area contributed by atoms with E-state index in [1.54, 1.807) is 19.3 Å². The van der Waals surface area contributed by atoms with Gasteiger partial charge in [-0.05, 0) is 18.2 Å². The first kappa shape index (κ1) is 13.0. The first-order chi connectivity index (χ1) is 8.92.